The van der Waals surface area contributed by atoms with Crippen LogP contribution in [0.1, 0.15) is 39.5 Å². The molecule has 8 nitrogen and oxygen atoms in total. The normalized spacial score (nSPS) is 16.2. The van der Waals surface area contributed by atoms with Crippen LogP contribution in [0, 0.1) is 5.92 Å². The standard InChI is InChI=1S/C17H26N6O2/c1-3-12(2)5-4-6-13(24)20-17-21-15-14(18-11-19-15)16(22-17)23-7-9-25-10-8-23/h11-12H,3-10H2,1-2H3,(H2,18,19,20,21,22,24). The van der Waals surface area contributed by atoms with Crippen molar-refractivity contribution >= 4 is 28.8 Å². The number of nitrogens with one attached hydrogen (secondary N) is 2. The number of aromatic amines is 1. The van der Waals surface area contributed by atoms with E-state index in [2.05, 4.69) is 44.0 Å². The molecule has 3 heterocycles. The van der Waals surface area contributed by atoms with Crippen molar-refractivity contribution < 1.29 is 9.53 Å². The third kappa shape index (κ3) is 4.45. The summed E-state index contributed by atoms with van der Waals surface area (Å²) in [4.78, 5) is 30.5. The molecular weight excluding hydrogens is 320 g/mol. The second kappa shape index (κ2) is 8.24. The van der Waals surface area contributed by atoms with E-state index in [1.165, 1.54) is 0 Å². The second-order valence-corrected chi connectivity index (χ2v) is 6.53. The van der Waals surface area contributed by atoms with Gasteiger partial charge in [-0.15, -0.1) is 0 Å². The number of fused-ring (bicyclic) bond motifs is 1. The maximum absolute atomic E-state index is 12.2. The summed E-state index contributed by atoms with van der Waals surface area (Å²) in [5.74, 6) is 1.68. The Labute approximate surface area is 147 Å². The molecule has 8 heteroatoms. The maximum atomic E-state index is 12.2. The van der Waals surface area contributed by atoms with Crippen molar-refractivity contribution in [2.75, 3.05) is 36.5 Å². The number of ether oxygens (including phenoxy) is 1. The molecule has 1 saturated heterocycles. The van der Waals surface area contributed by atoms with Crippen molar-refractivity contribution in [2.24, 2.45) is 5.92 Å². The summed E-state index contributed by atoms with van der Waals surface area (Å²) in [5.41, 5.74) is 1.35. The van der Waals surface area contributed by atoms with Crippen LogP contribution < -0.4 is 10.2 Å². The van der Waals surface area contributed by atoms with Crippen LogP contribution in [0.15, 0.2) is 6.33 Å². The zero-order valence-corrected chi connectivity index (χ0v) is 14.9. The number of rotatable bonds is 7. The van der Waals surface area contributed by atoms with Gasteiger partial charge in [-0.05, 0) is 12.3 Å². The van der Waals surface area contributed by atoms with E-state index in [-0.39, 0.29) is 5.91 Å². The summed E-state index contributed by atoms with van der Waals surface area (Å²) in [6.45, 7) is 7.22. The van der Waals surface area contributed by atoms with Crippen LogP contribution >= 0.6 is 0 Å². The SMILES string of the molecule is CCC(C)CCCC(=O)Nc1nc(N2CCOCC2)c2[nH]cnc2n1. The number of carbonyl (C=O) groups excluding carboxylic acids is 1. The Balaban J connectivity index is 1.70. The molecule has 1 unspecified atom stereocenters. The van der Waals surface area contributed by atoms with Gasteiger partial charge < -0.3 is 14.6 Å². The molecule has 1 amide bonds. The molecule has 1 atom stereocenters. The first-order chi connectivity index (χ1) is 12.2. The summed E-state index contributed by atoms with van der Waals surface area (Å²) in [6.07, 6.45) is 5.16. The Hall–Kier alpha value is -2.22. The van der Waals surface area contributed by atoms with Crippen molar-refractivity contribution in [3.8, 4) is 0 Å². The zero-order valence-electron chi connectivity index (χ0n) is 14.9. The number of nitrogens with zero attached hydrogens (tertiary/aromatic N) is 4. The predicted octanol–water partition coefficient (Wildman–Crippen LogP) is 2.34. The highest BCUT2D eigenvalue weighted by Crippen LogP contribution is 2.23. The average molecular weight is 346 g/mol. The molecule has 0 radical (unpaired) electrons. The summed E-state index contributed by atoms with van der Waals surface area (Å²) < 4.78 is 5.40. The van der Waals surface area contributed by atoms with Crippen molar-refractivity contribution in [1.29, 1.82) is 0 Å². The Morgan fingerprint density at radius 2 is 2.20 bits per heavy atom. The van der Waals surface area contributed by atoms with Crippen molar-refractivity contribution in [2.45, 2.75) is 39.5 Å². The van der Waals surface area contributed by atoms with Gasteiger partial charge in [-0.25, -0.2) is 4.98 Å². The second-order valence-electron chi connectivity index (χ2n) is 6.53. The summed E-state index contributed by atoms with van der Waals surface area (Å²) in [6, 6.07) is 0. The highest BCUT2D eigenvalue weighted by atomic mass is 16.5. The quantitative estimate of drug-likeness (QED) is 0.799. The van der Waals surface area contributed by atoms with E-state index in [1.807, 2.05) is 0 Å². The molecule has 0 bridgehead atoms. The fourth-order valence-electron chi connectivity index (χ4n) is 2.88. The number of hydrogen-bond acceptors (Lipinski definition) is 6. The van der Waals surface area contributed by atoms with E-state index in [1.54, 1.807) is 6.33 Å². The molecule has 3 rings (SSSR count). The van der Waals surface area contributed by atoms with Gasteiger partial charge in [0, 0.05) is 19.5 Å². The molecule has 0 saturated carbocycles. The van der Waals surface area contributed by atoms with Gasteiger partial charge in [-0.3, -0.25) is 10.1 Å². The van der Waals surface area contributed by atoms with Gasteiger partial charge in [0.2, 0.25) is 11.9 Å². The Kier molecular flexibility index (Phi) is 5.80. The molecule has 136 valence electrons. The number of amides is 1. The number of H-pyrrole nitrogens is 1. The fourth-order valence-corrected chi connectivity index (χ4v) is 2.88. The van der Waals surface area contributed by atoms with Gasteiger partial charge >= 0.3 is 0 Å². The Morgan fingerprint density at radius 1 is 1.40 bits per heavy atom. The lowest BCUT2D eigenvalue weighted by atomic mass is 10.0. The molecule has 0 spiro atoms. The van der Waals surface area contributed by atoms with Gasteiger partial charge in [0.25, 0.3) is 0 Å². The third-order valence-corrected chi connectivity index (χ3v) is 4.63. The number of morpholine rings is 1. The first-order valence-corrected chi connectivity index (χ1v) is 9.01. The number of hydrogen-bond donors (Lipinski definition) is 2. The minimum Gasteiger partial charge on any atom is -0.378 e. The van der Waals surface area contributed by atoms with Crippen LogP contribution in [0.4, 0.5) is 11.8 Å². The largest absolute Gasteiger partial charge is 0.378 e. The van der Waals surface area contributed by atoms with Crippen LogP contribution in [-0.4, -0.2) is 52.1 Å². The average Bonchev–Trinajstić information content (AvgIpc) is 3.10. The molecule has 2 N–H and O–H groups in total. The van der Waals surface area contributed by atoms with Crippen LogP contribution in [0.25, 0.3) is 11.2 Å². The number of imidazole rings is 1. The fraction of sp³-hybridized carbons (Fsp3) is 0.647. The lowest BCUT2D eigenvalue weighted by Gasteiger charge is -2.28. The Bertz CT molecular complexity index is 710. The monoisotopic (exact) mass is 346 g/mol. The van der Waals surface area contributed by atoms with Gasteiger partial charge in [0.05, 0.1) is 19.5 Å². The van der Waals surface area contributed by atoms with E-state index >= 15 is 0 Å². The highest BCUT2D eigenvalue weighted by molar-refractivity contribution is 5.91. The Morgan fingerprint density at radius 3 is 2.96 bits per heavy atom. The first kappa shape index (κ1) is 17.6. The number of anilines is 2. The molecule has 2 aromatic rings. The summed E-state index contributed by atoms with van der Waals surface area (Å²) in [5, 5.41) is 2.82. The van der Waals surface area contributed by atoms with Crippen molar-refractivity contribution in [3.05, 3.63) is 6.33 Å². The van der Waals surface area contributed by atoms with Crippen LogP contribution in [0.2, 0.25) is 0 Å². The van der Waals surface area contributed by atoms with Gasteiger partial charge in [-0.2, -0.15) is 9.97 Å². The van der Waals surface area contributed by atoms with Crippen molar-refractivity contribution in [3.63, 3.8) is 0 Å². The first-order valence-electron chi connectivity index (χ1n) is 9.01. The molecular formula is C17H26N6O2. The van der Waals surface area contributed by atoms with Gasteiger partial charge in [0.1, 0.15) is 5.52 Å². The van der Waals surface area contributed by atoms with Crippen LogP contribution in [0.3, 0.4) is 0 Å². The molecule has 1 aliphatic rings. The van der Waals surface area contributed by atoms with Crippen molar-refractivity contribution in [1.82, 2.24) is 19.9 Å². The molecule has 2 aromatic heterocycles. The zero-order chi connectivity index (χ0) is 17.6. The summed E-state index contributed by atoms with van der Waals surface area (Å²) >= 11 is 0. The molecule has 0 aromatic carbocycles. The lowest BCUT2D eigenvalue weighted by Crippen LogP contribution is -2.37. The van der Waals surface area contributed by atoms with Crippen LogP contribution in [-0.2, 0) is 9.53 Å². The minimum absolute atomic E-state index is 0.0499. The smallest absolute Gasteiger partial charge is 0.233 e. The summed E-state index contributed by atoms with van der Waals surface area (Å²) in [7, 11) is 0. The van der Waals surface area contributed by atoms with E-state index in [4.69, 9.17) is 4.74 Å². The maximum Gasteiger partial charge on any atom is 0.233 e. The number of carbonyl (C=O) groups is 1. The predicted molar refractivity (Wildman–Crippen MR) is 96.7 cm³/mol. The number of aromatic nitrogens is 4. The highest BCUT2D eigenvalue weighted by Gasteiger charge is 2.19. The van der Waals surface area contributed by atoms with E-state index in [0.717, 1.165) is 43.7 Å². The van der Waals surface area contributed by atoms with E-state index in [0.29, 0.717) is 37.1 Å². The van der Waals surface area contributed by atoms with Gasteiger partial charge in [-0.1, -0.05) is 26.7 Å². The molecule has 1 fully saturated rings. The molecule has 0 aliphatic carbocycles. The van der Waals surface area contributed by atoms with E-state index < -0.39 is 0 Å². The van der Waals surface area contributed by atoms with Crippen LogP contribution in [0.5, 0.6) is 0 Å². The topological polar surface area (TPSA) is 96.0 Å². The molecule has 1 aliphatic heterocycles. The minimum atomic E-state index is -0.0499. The lowest BCUT2D eigenvalue weighted by molar-refractivity contribution is -0.116. The molecule has 25 heavy (non-hydrogen) atoms. The van der Waals surface area contributed by atoms with E-state index in [9.17, 15) is 4.79 Å². The third-order valence-electron chi connectivity index (χ3n) is 4.63. The van der Waals surface area contributed by atoms with Gasteiger partial charge in [0.15, 0.2) is 11.5 Å².